The fourth-order valence-electron chi connectivity index (χ4n) is 4.37. The first-order valence-electron chi connectivity index (χ1n) is 11.5. The zero-order chi connectivity index (χ0) is 24.4. The summed E-state index contributed by atoms with van der Waals surface area (Å²) in [6.07, 6.45) is 2.76. The maximum absolute atomic E-state index is 11.8. The number of anilines is 1. The van der Waals surface area contributed by atoms with Gasteiger partial charge >= 0.3 is 5.97 Å². The van der Waals surface area contributed by atoms with Crippen molar-refractivity contribution in [1.82, 2.24) is 10.3 Å². The Hall–Kier alpha value is -3.97. The third kappa shape index (κ3) is 4.42. The van der Waals surface area contributed by atoms with Gasteiger partial charge in [0, 0.05) is 17.4 Å². The zero-order valence-corrected chi connectivity index (χ0v) is 20.3. The Bertz CT molecular complexity index is 1330. The second kappa shape index (κ2) is 9.72. The average molecular weight is 484 g/mol. The summed E-state index contributed by atoms with van der Waals surface area (Å²) >= 11 is 5.79. The van der Waals surface area contributed by atoms with Gasteiger partial charge in [0.25, 0.3) is 0 Å². The van der Waals surface area contributed by atoms with Crippen LogP contribution in [0, 0.1) is 0 Å². The largest absolute Gasteiger partial charge is 0.465 e. The molecule has 1 aliphatic rings. The number of esters is 1. The number of ether oxygens (including phenoxy) is 1. The maximum Gasteiger partial charge on any atom is 0.337 e. The van der Waals surface area contributed by atoms with E-state index in [1.54, 1.807) is 18.3 Å². The van der Waals surface area contributed by atoms with Crippen LogP contribution < -0.4 is 10.2 Å². The van der Waals surface area contributed by atoms with Gasteiger partial charge < -0.3 is 19.4 Å². The number of carbonyl (C=O) groups is 1. The van der Waals surface area contributed by atoms with E-state index < -0.39 is 0 Å². The minimum atomic E-state index is -0.370. The summed E-state index contributed by atoms with van der Waals surface area (Å²) in [5.74, 6) is 1.10. The number of hydrogen-bond acceptors (Lipinski definition) is 5. The van der Waals surface area contributed by atoms with Crippen molar-refractivity contribution >= 4 is 29.0 Å². The number of methoxy groups -OCH3 is 1. The molecule has 176 valence electrons. The standard InChI is InChI=1S/C28H25N3O3S/c1-3-18-7-13-21(14-8-18)31-26(25(30-28(31)35)22-6-4-5-17-29-22)24-16-15-23(34-24)19-9-11-20(12-10-19)27(32)33-2/h4-17,25-26H,3H2,1-2H3,(H,30,35)/t25-,26-/m1/s1. The van der Waals surface area contributed by atoms with E-state index in [2.05, 4.69) is 46.4 Å². The van der Waals surface area contributed by atoms with E-state index in [-0.39, 0.29) is 18.1 Å². The summed E-state index contributed by atoms with van der Waals surface area (Å²) in [6.45, 7) is 2.14. The van der Waals surface area contributed by atoms with Gasteiger partial charge in [-0.2, -0.15) is 0 Å². The molecule has 2 aromatic carbocycles. The molecule has 1 aliphatic heterocycles. The predicted octanol–water partition coefficient (Wildman–Crippen LogP) is 5.87. The lowest BCUT2D eigenvalue weighted by Crippen LogP contribution is -2.29. The lowest BCUT2D eigenvalue weighted by Gasteiger charge is -2.26. The van der Waals surface area contributed by atoms with Gasteiger partial charge in [0.05, 0.1) is 24.4 Å². The van der Waals surface area contributed by atoms with Crippen molar-refractivity contribution in [3.8, 4) is 11.3 Å². The third-order valence-electron chi connectivity index (χ3n) is 6.23. The minimum absolute atomic E-state index is 0.185. The van der Waals surface area contributed by atoms with Gasteiger partial charge in [0.1, 0.15) is 17.6 Å². The van der Waals surface area contributed by atoms with Crippen LogP contribution >= 0.6 is 12.2 Å². The number of aromatic nitrogens is 1. The van der Waals surface area contributed by atoms with Crippen LogP contribution in [0.25, 0.3) is 11.3 Å². The number of furan rings is 1. The molecule has 0 aliphatic carbocycles. The van der Waals surface area contributed by atoms with Crippen LogP contribution in [0.5, 0.6) is 0 Å². The molecule has 3 heterocycles. The average Bonchev–Trinajstić information content (AvgIpc) is 3.53. The van der Waals surface area contributed by atoms with E-state index in [0.29, 0.717) is 16.4 Å². The highest BCUT2D eigenvalue weighted by Gasteiger charge is 2.42. The smallest absolute Gasteiger partial charge is 0.337 e. The summed E-state index contributed by atoms with van der Waals surface area (Å²) in [5, 5.41) is 4.08. The van der Waals surface area contributed by atoms with E-state index in [1.807, 2.05) is 42.5 Å². The third-order valence-corrected chi connectivity index (χ3v) is 6.54. The molecule has 0 radical (unpaired) electrons. The Morgan fingerprint density at radius 2 is 1.83 bits per heavy atom. The molecule has 2 atom stereocenters. The Labute approximate surface area is 209 Å². The van der Waals surface area contributed by atoms with Gasteiger partial charge in [0.15, 0.2) is 5.11 Å². The number of thiocarbonyl (C=S) groups is 1. The Kier molecular flexibility index (Phi) is 6.33. The topological polar surface area (TPSA) is 67.6 Å². The van der Waals surface area contributed by atoms with Crippen LogP contribution in [0.3, 0.4) is 0 Å². The number of pyridine rings is 1. The summed E-state index contributed by atoms with van der Waals surface area (Å²) in [4.78, 5) is 18.5. The Morgan fingerprint density at radius 3 is 2.49 bits per heavy atom. The molecule has 1 fully saturated rings. The summed E-state index contributed by atoms with van der Waals surface area (Å²) < 4.78 is 11.2. The molecule has 0 bridgehead atoms. The molecule has 0 unspecified atom stereocenters. The number of nitrogens with zero attached hydrogens (tertiary/aromatic N) is 2. The van der Waals surface area contributed by atoms with Crippen molar-refractivity contribution in [3.63, 3.8) is 0 Å². The fourth-order valence-corrected chi connectivity index (χ4v) is 4.72. The Morgan fingerprint density at radius 1 is 1.06 bits per heavy atom. The van der Waals surface area contributed by atoms with Crippen LogP contribution in [0.4, 0.5) is 5.69 Å². The van der Waals surface area contributed by atoms with E-state index in [1.165, 1.54) is 12.7 Å². The number of hydrogen-bond donors (Lipinski definition) is 1. The van der Waals surface area contributed by atoms with Gasteiger partial charge in [-0.05, 0) is 72.7 Å². The molecule has 0 amide bonds. The normalized spacial score (nSPS) is 17.3. The molecule has 35 heavy (non-hydrogen) atoms. The van der Waals surface area contributed by atoms with Crippen molar-refractivity contribution in [3.05, 3.63) is 108 Å². The second-order valence-electron chi connectivity index (χ2n) is 8.29. The van der Waals surface area contributed by atoms with Crippen LogP contribution in [0.2, 0.25) is 0 Å². The first-order chi connectivity index (χ1) is 17.1. The van der Waals surface area contributed by atoms with E-state index in [4.69, 9.17) is 21.4 Å². The number of benzene rings is 2. The van der Waals surface area contributed by atoms with Crippen molar-refractivity contribution in [1.29, 1.82) is 0 Å². The molecule has 7 heteroatoms. The maximum atomic E-state index is 11.8. The lowest BCUT2D eigenvalue weighted by atomic mass is 10.0. The van der Waals surface area contributed by atoms with Crippen molar-refractivity contribution in [2.24, 2.45) is 0 Å². The molecule has 0 saturated carbocycles. The molecule has 2 aromatic heterocycles. The van der Waals surface area contributed by atoms with Crippen molar-refractivity contribution in [2.75, 3.05) is 12.0 Å². The monoisotopic (exact) mass is 483 g/mol. The number of carbonyl (C=O) groups excluding carboxylic acids is 1. The summed E-state index contributed by atoms with van der Waals surface area (Å²) in [7, 11) is 1.37. The number of nitrogens with one attached hydrogen (secondary N) is 1. The van der Waals surface area contributed by atoms with Gasteiger partial charge in [-0.3, -0.25) is 4.98 Å². The summed E-state index contributed by atoms with van der Waals surface area (Å²) in [6, 6.07) is 25.0. The molecular weight excluding hydrogens is 458 g/mol. The molecule has 5 rings (SSSR count). The lowest BCUT2D eigenvalue weighted by molar-refractivity contribution is 0.0600. The van der Waals surface area contributed by atoms with Crippen LogP contribution in [0.1, 0.15) is 46.4 Å². The zero-order valence-electron chi connectivity index (χ0n) is 19.5. The molecule has 1 saturated heterocycles. The van der Waals surface area contributed by atoms with Gasteiger partial charge in [-0.25, -0.2) is 4.79 Å². The van der Waals surface area contributed by atoms with Crippen molar-refractivity contribution < 1.29 is 13.9 Å². The highest BCUT2D eigenvalue weighted by atomic mass is 32.1. The van der Waals surface area contributed by atoms with Gasteiger partial charge in [-0.15, -0.1) is 0 Å². The van der Waals surface area contributed by atoms with Crippen LogP contribution in [-0.2, 0) is 11.2 Å². The van der Waals surface area contributed by atoms with E-state index >= 15 is 0 Å². The van der Waals surface area contributed by atoms with Gasteiger partial charge in [0.2, 0.25) is 0 Å². The molecule has 4 aromatic rings. The highest BCUT2D eigenvalue weighted by molar-refractivity contribution is 7.80. The minimum Gasteiger partial charge on any atom is -0.465 e. The highest BCUT2D eigenvalue weighted by Crippen LogP contribution is 2.43. The predicted molar refractivity (Wildman–Crippen MR) is 139 cm³/mol. The van der Waals surface area contributed by atoms with Crippen LogP contribution in [-0.4, -0.2) is 23.2 Å². The second-order valence-corrected chi connectivity index (χ2v) is 8.67. The molecule has 6 nitrogen and oxygen atoms in total. The fraction of sp³-hybridized carbons (Fsp3) is 0.179. The van der Waals surface area contributed by atoms with Crippen LogP contribution in [0.15, 0.2) is 89.5 Å². The molecule has 1 N–H and O–H groups in total. The Balaban J connectivity index is 1.53. The molecule has 0 spiro atoms. The quantitative estimate of drug-likeness (QED) is 0.272. The van der Waals surface area contributed by atoms with E-state index in [0.717, 1.165) is 29.1 Å². The van der Waals surface area contributed by atoms with Crippen molar-refractivity contribution in [2.45, 2.75) is 25.4 Å². The van der Waals surface area contributed by atoms with E-state index in [9.17, 15) is 4.79 Å². The number of rotatable bonds is 6. The SMILES string of the molecule is CCc1ccc(N2C(=S)N[C@H](c3ccccn3)[C@H]2c2ccc(-c3ccc(C(=O)OC)cc3)o2)cc1. The van der Waals surface area contributed by atoms with Gasteiger partial charge in [-0.1, -0.05) is 37.3 Å². The number of aryl methyl sites for hydroxylation is 1. The molecular formula is C28H25N3O3S. The first kappa shape index (κ1) is 22.8. The first-order valence-corrected chi connectivity index (χ1v) is 11.9. The summed E-state index contributed by atoms with van der Waals surface area (Å²) in [5.41, 5.74) is 4.49.